The van der Waals surface area contributed by atoms with E-state index in [4.69, 9.17) is 4.74 Å². The van der Waals surface area contributed by atoms with Crippen molar-refractivity contribution in [2.75, 3.05) is 24.3 Å². The number of anilines is 1. The van der Waals surface area contributed by atoms with Crippen molar-refractivity contribution in [3.8, 4) is 5.75 Å². The fraction of sp³-hybridized carbons (Fsp3) is 0.259. The largest absolute Gasteiger partial charge is 0.497 e. The Balaban J connectivity index is 1.51. The maximum atomic E-state index is 14.1. The summed E-state index contributed by atoms with van der Waals surface area (Å²) in [7, 11) is 1.61. The standard InChI is InChI=1S/C27H27N3O3S/c1-19-8-6-7-11-21(19)18-29-24-13-12-22(33-2)16-23(24)27(25(29)31)30(14-15-34-27)26(32)28-17-20-9-4-3-5-10-20/h3-13,16H,14-15,17-18H2,1-2H3,(H,28,32). The maximum absolute atomic E-state index is 14.1. The molecule has 174 valence electrons. The molecule has 3 amide bonds. The molecule has 6 nitrogen and oxygen atoms in total. The monoisotopic (exact) mass is 473 g/mol. The molecule has 0 saturated carbocycles. The zero-order valence-corrected chi connectivity index (χ0v) is 20.1. The van der Waals surface area contributed by atoms with E-state index in [0.717, 1.165) is 27.9 Å². The van der Waals surface area contributed by atoms with Gasteiger partial charge in [0.1, 0.15) is 5.75 Å². The number of urea groups is 1. The summed E-state index contributed by atoms with van der Waals surface area (Å²) in [4.78, 5) is 29.9. The lowest BCUT2D eigenvalue weighted by Crippen LogP contribution is -2.53. The molecule has 0 aromatic heterocycles. The molecule has 3 aromatic carbocycles. The van der Waals surface area contributed by atoms with Crippen LogP contribution in [-0.2, 0) is 22.8 Å². The minimum absolute atomic E-state index is 0.0867. The van der Waals surface area contributed by atoms with Gasteiger partial charge in [-0.3, -0.25) is 9.69 Å². The average Bonchev–Trinajstić information content (AvgIpc) is 3.41. The van der Waals surface area contributed by atoms with Gasteiger partial charge in [-0.2, -0.15) is 0 Å². The molecule has 2 aliphatic heterocycles. The second-order valence-corrected chi connectivity index (χ2v) is 9.78. The van der Waals surface area contributed by atoms with Gasteiger partial charge >= 0.3 is 6.03 Å². The number of hydrogen-bond donors (Lipinski definition) is 1. The first kappa shape index (κ1) is 22.3. The highest BCUT2D eigenvalue weighted by Gasteiger charge is 2.59. The first-order valence-corrected chi connectivity index (χ1v) is 12.3. The third-order valence-electron chi connectivity index (χ3n) is 6.52. The van der Waals surface area contributed by atoms with Gasteiger partial charge < -0.3 is 15.0 Å². The number of aryl methyl sites for hydroxylation is 1. The van der Waals surface area contributed by atoms with Crippen LogP contribution in [0.2, 0.25) is 0 Å². The number of rotatable bonds is 5. The van der Waals surface area contributed by atoms with Gasteiger partial charge in [-0.25, -0.2) is 4.79 Å². The molecule has 2 heterocycles. The van der Waals surface area contributed by atoms with Crippen molar-refractivity contribution >= 4 is 29.4 Å². The summed E-state index contributed by atoms with van der Waals surface area (Å²) in [6, 6.07) is 23.3. The second-order valence-electron chi connectivity index (χ2n) is 8.49. The summed E-state index contributed by atoms with van der Waals surface area (Å²) in [5, 5.41) is 3.02. The lowest BCUT2D eigenvalue weighted by molar-refractivity contribution is -0.123. The number of methoxy groups -OCH3 is 1. The van der Waals surface area contributed by atoms with Crippen LogP contribution in [0.25, 0.3) is 0 Å². The van der Waals surface area contributed by atoms with E-state index < -0.39 is 4.87 Å². The minimum Gasteiger partial charge on any atom is -0.497 e. The van der Waals surface area contributed by atoms with Crippen LogP contribution >= 0.6 is 11.8 Å². The molecular formula is C27H27N3O3S. The van der Waals surface area contributed by atoms with Gasteiger partial charge in [0.2, 0.25) is 0 Å². The number of thioether (sulfide) groups is 1. The highest BCUT2D eigenvalue weighted by Crippen LogP contribution is 2.55. The number of hydrogen-bond acceptors (Lipinski definition) is 4. The second kappa shape index (κ2) is 9.06. The van der Waals surface area contributed by atoms with Crippen LogP contribution in [0, 0.1) is 6.92 Å². The summed E-state index contributed by atoms with van der Waals surface area (Å²) in [5.74, 6) is 1.26. The molecule has 2 aliphatic rings. The Morgan fingerprint density at radius 3 is 2.62 bits per heavy atom. The minimum atomic E-state index is -1.10. The van der Waals surface area contributed by atoms with E-state index in [0.29, 0.717) is 31.1 Å². The third-order valence-corrected chi connectivity index (χ3v) is 7.94. The lowest BCUT2D eigenvalue weighted by Gasteiger charge is -2.33. The molecule has 34 heavy (non-hydrogen) atoms. The average molecular weight is 474 g/mol. The van der Waals surface area contributed by atoms with E-state index in [1.807, 2.05) is 84.6 Å². The molecule has 1 saturated heterocycles. The van der Waals surface area contributed by atoms with Gasteiger partial charge in [0.25, 0.3) is 5.91 Å². The van der Waals surface area contributed by atoms with Crippen molar-refractivity contribution in [2.24, 2.45) is 0 Å². The van der Waals surface area contributed by atoms with Gasteiger partial charge in [0, 0.05) is 24.4 Å². The maximum Gasteiger partial charge on any atom is 0.319 e. The number of nitrogens with one attached hydrogen (secondary N) is 1. The van der Waals surface area contributed by atoms with Crippen LogP contribution in [0.15, 0.2) is 72.8 Å². The Morgan fingerprint density at radius 1 is 1.09 bits per heavy atom. The molecule has 1 spiro atoms. The molecular weight excluding hydrogens is 446 g/mol. The SMILES string of the molecule is COc1ccc2c(c1)C1(SCCN1C(=O)NCc1ccccc1)C(=O)N2Cc1ccccc1C. The van der Waals surface area contributed by atoms with Crippen LogP contribution in [0.5, 0.6) is 5.75 Å². The Morgan fingerprint density at radius 2 is 1.85 bits per heavy atom. The predicted molar refractivity (Wildman–Crippen MR) is 135 cm³/mol. The Bertz CT molecular complexity index is 1230. The lowest BCUT2D eigenvalue weighted by atomic mass is 10.1. The van der Waals surface area contributed by atoms with E-state index in [9.17, 15) is 9.59 Å². The molecule has 1 atom stereocenters. The van der Waals surface area contributed by atoms with Crippen LogP contribution < -0.4 is 15.0 Å². The van der Waals surface area contributed by atoms with Crippen molar-refractivity contribution in [3.05, 3.63) is 95.1 Å². The van der Waals surface area contributed by atoms with Crippen molar-refractivity contribution in [3.63, 3.8) is 0 Å². The summed E-state index contributed by atoms with van der Waals surface area (Å²) in [5.41, 5.74) is 4.85. The zero-order valence-electron chi connectivity index (χ0n) is 19.3. The molecule has 3 aromatic rings. The fourth-order valence-electron chi connectivity index (χ4n) is 4.71. The van der Waals surface area contributed by atoms with E-state index in [1.54, 1.807) is 12.0 Å². The van der Waals surface area contributed by atoms with Gasteiger partial charge in [0.15, 0.2) is 4.87 Å². The number of fused-ring (bicyclic) bond motifs is 2. The highest BCUT2D eigenvalue weighted by atomic mass is 32.2. The molecule has 0 aliphatic carbocycles. The van der Waals surface area contributed by atoms with Gasteiger partial charge in [0.05, 0.1) is 19.3 Å². The molecule has 1 N–H and O–H groups in total. The van der Waals surface area contributed by atoms with Crippen molar-refractivity contribution in [1.82, 2.24) is 10.2 Å². The molecule has 1 fully saturated rings. The summed E-state index contributed by atoms with van der Waals surface area (Å²) >= 11 is 1.52. The van der Waals surface area contributed by atoms with Crippen LogP contribution in [0.4, 0.5) is 10.5 Å². The number of nitrogens with zero attached hydrogens (tertiary/aromatic N) is 2. The summed E-state index contributed by atoms with van der Waals surface area (Å²) in [6.45, 7) is 3.40. The fourth-order valence-corrected chi connectivity index (χ4v) is 6.16. The van der Waals surface area contributed by atoms with Gasteiger partial charge in [-0.05, 0) is 41.8 Å². The quantitative estimate of drug-likeness (QED) is 0.585. The van der Waals surface area contributed by atoms with Crippen molar-refractivity contribution in [1.29, 1.82) is 0 Å². The predicted octanol–water partition coefficient (Wildman–Crippen LogP) is 4.66. The zero-order chi connectivity index (χ0) is 23.7. The highest BCUT2D eigenvalue weighted by molar-refractivity contribution is 8.01. The normalized spacial score (nSPS) is 18.9. The molecule has 0 radical (unpaired) electrons. The van der Waals surface area contributed by atoms with E-state index in [1.165, 1.54) is 11.8 Å². The molecule has 0 bridgehead atoms. The first-order chi connectivity index (χ1) is 16.5. The number of ether oxygens (including phenoxy) is 1. The van der Waals surface area contributed by atoms with Crippen LogP contribution in [0.3, 0.4) is 0 Å². The number of benzene rings is 3. The summed E-state index contributed by atoms with van der Waals surface area (Å²) < 4.78 is 5.49. The molecule has 7 heteroatoms. The van der Waals surface area contributed by atoms with E-state index in [2.05, 4.69) is 5.32 Å². The topological polar surface area (TPSA) is 61.9 Å². The number of amides is 3. The van der Waals surface area contributed by atoms with Crippen LogP contribution in [0.1, 0.15) is 22.3 Å². The van der Waals surface area contributed by atoms with Gasteiger partial charge in [-0.1, -0.05) is 54.6 Å². The molecule has 1 unspecified atom stereocenters. The smallest absolute Gasteiger partial charge is 0.319 e. The number of carbonyl (C=O) groups is 2. The van der Waals surface area contributed by atoms with Gasteiger partial charge in [-0.15, -0.1) is 11.8 Å². The third kappa shape index (κ3) is 3.70. The molecule has 5 rings (SSSR count). The number of carbonyl (C=O) groups excluding carboxylic acids is 2. The van der Waals surface area contributed by atoms with Crippen molar-refractivity contribution in [2.45, 2.75) is 24.9 Å². The first-order valence-electron chi connectivity index (χ1n) is 11.3. The van der Waals surface area contributed by atoms with E-state index >= 15 is 0 Å². The van der Waals surface area contributed by atoms with Crippen molar-refractivity contribution < 1.29 is 14.3 Å². The van der Waals surface area contributed by atoms with E-state index in [-0.39, 0.29) is 11.9 Å². The Labute approximate surface area is 203 Å². The Hall–Kier alpha value is -3.45. The summed E-state index contributed by atoms with van der Waals surface area (Å²) in [6.07, 6.45) is 0. The van der Waals surface area contributed by atoms with Crippen LogP contribution in [-0.4, -0.2) is 36.2 Å². The Kier molecular flexibility index (Phi) is 5.96.